The number of nitrogens with zero attached hydrogens (tertiary/aromatic N) is 6. The van der Waals surface area contributed by atoms with Crippen LogP contribution in [0.4, 0.5) is 5.13 Å². The van der Waals surface area contributed by atoms with E-state index in [1.807, 2.05) is 24.3 Å². The van der Waals surface area contributed by atoms with Gasteiger partial charge >= 0.3 is 0 Å². The van der Waals surface area contributed by atoms with Gasteiger partial charge in [-0.15, -0.1) is 15.3 Å². The van der Waals surface area contributed by atoms with E-state index in [1.165, 1.54) is 11.3 Å². The zero-order valence-corrected chi connectivity index (χ0v) is 15.4. The Bertz CT molecular complexity index is 860. The maximum atomic E-state index is 12.1. The van der Waals surface area contributed by atoms with Gasteiger partial charge < -0.3 is 10.1 Å². The van der Waals surface area contributed by atoms with Gasteiger partial charge in [-0.1, -0.05) is 30.4 Å². The summed E-state index contributed by atoms with van der Waals surface area (Å²) in [6, 6.07) is 7.34. The summed E-state index contributed by atoms with van der Waals surface area (Å²) in [6.45, 7) is 2.36. The number of carbonyl (C=O) groups is 1. The van der Waals surface area contributed by atoms with Gasteiger partial charge in [0, 0.05) is 13.5 Å². The Hall–Kier alpha value is -2.88. The van der Waals surface area contributed by atoms with Crippen LogP contribution in [0.2, 0.25) is 0 Å². The SMILES string of the molecule is CCCc1nnc(NC(=O)Cc2ccc(OCc3nnnn3C)cc2)s1. The van der Waals surface area contributed by atoms with Gasteiger partial charge in [-0.2, -0.15) is 0 Å². The Morgan fingerprint density at radius 3 is 2.73 bits per heavy atom. The molecule has 3 aromatic rings. The fraction of sp³-hybridized carbons (Fsp3) is 0.375. The molecule has 0 aliphatic rings. The summed E-state index contributed by atoms with van der Waals surface area (Å²) in [4.78, 5) is 12.1. The first kappa shape index (κ1) is 17.9. The molecule has 2 aromatic heterocycles. The number of tetrazole rings is 1. The minimum atomic E-state index is -0.122. The zero-order chi connectivity index (χ0) is 18.4. The van der Waals surface area contributed by atoms with Crippen LogP contribution in [0.1, 0.15) is 29.7 Å². The number of amides is 1. The molecule has 136 valence electrons. The van der Waals surface area contributed by atoms with Crippen LogP contribution in [0.5, 0.6) is 5.75 Å². The molecule has 26 heavy (non-hydrogen) atoms. The van der Waals surface area contributed by atoms with Crippen molar-refractivity contribution in [2.45, 2.75) is 32.8 Å². The molecule has 2 heterocycles. The van der Waals surface area contributed by atoms with Gasteiger partial charge in [-0.3, -0.25) is 4.79 Å². The second-order valence-corrected chi connectivity index (χ2v) is 6.69. The largest absolute Gasteiger partial charge is 0.486 e. The lowest BCUT2D eigenvalue weighted by Crippen LogP contribution is -2.14. The molecular formula is C16H19N7O2S. The molecule has 0 saturated carbocycles. The number of benzene rings is 1. The van der Waals surface area contributed by atoms with E-state index in [0.717, 1.165) is 23.4 Å². The average Bonchev–Trinajstić information content (AvgIpc) is 3.23. The quantitative estimate of drug-likeness (QED) is 0.641. The number of anilines is 1. The molecule has 3 rings (SSSR count). The Kier molecular flexibility index (Phi) is 5.84. The van der Waals surface area contributed by atoms with Crippen LogP contribution in [0.15, 0.2) is 24.3 Å². The first-order valence-corrected chi connectivity index (χ1v) is 9.01. The molecular weight excluding hydrogens is 354 g/mol. The number of rotatable bonds is 8. The number of carbonyl (C=O) groups excluding carboxylic acids is 1. The molecule has 1 amide bonds. The minimum Gasteiger partial charge on any atom is -0.486 e. The van der Waals surface area contributed by atoms with Crippen LogP contribution < -0.4 is 10.1 Å². The minimum absolute atomic E-state index is 0.122. The number of ether oxygens (including phenoxy) is 1. The first-order valence-electron chi connectivity index (χ1n) is 8.19. The molecule has 10 heteroatoms. The third-order valence-corrected chi connectivity index (χ3v) is 4.44. The lowest BCUT2D eigenvalue weighted by molar-refractivity contribution is -0.115. The summed E-state index contributed by atoms with van der Waals surface area (Å²) in [5, 5.41) is 23.4. The van der Waals surface area contributed by atoms with Crippen molar-refractivity contribution in [2.24, 2.45) is 7.05 Å². The highest BCUT2D eigenvalue weighted by Crippen LogP contribution is 2.18. The van der Waals surface area contributed by atoms with E-state index >= 15 is 0 Å². The Labute approximate surface area is 154 Å². The molecule has 9 nitrogen and oxygen atoms in total. The van der Waals surface area contributed by atoms with Gasteiger partial charge in [-0.25, -0.2) is 4.68 Å². The third kappa shape index (κ3) is 4.82. The van der Waals surface area contributed by atoms with Crippen LogP contribution >= 0.6 is 11.3 Å². The number of aromatic nitrogens is 6. The van der Waals surface area contributed by atoms with Gasteiger partial charge in [0.15, 0.2) is 5.82 Å². The van der Waals surface area contributed by atoms with Gasteiger partial charge in [0.25, 0.3) is 0 Å². The summed E-state index contributed by atoms with van der Waals surface area (Å²) in [7, 11) is 1.75. The Morgan fingerprint density at radius 2 is 2.04 bits per heavy atom. The highest BCUT2D eigenvalue weighted by molar-refractivity contribution is 7.15. The van der Waals surface area contributed by atoms with Crippen molar-refractivity contribution in [3.63, 3.8) is 0 Å². The van der Waals surface area contributed by atoms with E-state index < -0.39 is 0 Å². The highest BCUT2D eigenvalue weighted by atomic mass is 32.1. The summed E-state index contributed by atoms with van der Waals surface area (Å²) >= 11 is 1.41. The lowest BCUT2D eigenvalue weighted by Gasteiger charge is -2.06. The maximum absolute atomic E-state index is 12.1. The Balaban J connectivity index is 1.50. The van der Waals surface area contributed by atoms with Gasteiger partial charge in [-0.05, 0) is 34.5 Å². The number of hydrogen-bond acceptors (Lipinski definition) is 8. The first-order chi connectivity index (χ1) is 12.6. The number of hydrogen-bond donors (Lipinski definition) is 1. The van der Waals surface area contributed by atoms with Crippen LogP contribution in [-0.4, -0.2) is 36.3 Å². The van der Waals surface area contributed by atoms with Crippen molar-refractivity contribution in [3.05, 3.63) is 40.7 Å². The summed E-state index contributed by atoms with van der Waals surface area (Å²) in [6.07, 6.45) is 2.14. The second-order valence-electron chi connectivity index (χ2n) is 5.63. The van der Waals surface area contributed by atoms with Gasteiger partial charge in [0.05, 0.1) is 6.42 Å². The standard InChI is InChI=1S/C16H19N7O2S/c1-3-4-15-19-20-16(26-15)17-14(24)9-11-5-7-12(8-6-11)25-10-13-18-21-22-23(13)2/h5-8H,3-4,9-10H2,1-2H3,(H,17,20,24). The molecule has 0 unspecified atom stereocenters. The van der Waals surface area contributed by atoms with Crippen LogP contribution in [-0.2, 0) is 31.3 Å². The molecule has 0 radical (unpaired) electrons. The normalized spacial score (nSPS) is 10.7. The molecule has 1 aromatic carbocycles. The van der Waals surface area contributed by atoms with Crippen molar-refractivity contribution in [1.82, 2.24) is 30.4 Å². The maximum Gasteiger partial charge on any atom is 0.230 e. The fourth-order valence-electron chi connectivity index (χ4n) is 2.19. The van der Waals surface area contributed by atoms with Gasteiger partial charge in [0.2, 0.25) is 11.0 Å². The molecule has 0 saturated heterocycles. The Morgan fingerprint density at radius 1 is 1.23 bits per heavy atom. The average molecular weight is 373 g/mol. The van der Waals surface area contributed by atoms with E-state index in [-0.39, 0.29) is 18.9 Å². The van der Waals surface area contributed by atoms with Crippen molar-refractivity contribution < 1.29 is 9.53 Å². The van der Waals surface area contributed by atoms with E-state index in [1.54, 1.807) is 11.7 Å². The number of nitrogens with one attached hydrogen (secondary N) is 1. The molecule has 0 aliphatic carbocycles. The predicted octanol–water partition coefficient (Wildman–Crippen LogP) is 1.77. The smallest absolute Gasteiger partial charge is 0.230 e. The topological polar surface area (TPSA) is 108 Å². The molecule has 0 spiro atoms. The highest BCUT2D eigenvalue weighted by Gasteiger charge is 2.09. The zero-order valence-electron chi connectivity index (χ0n) is 14.5. The van der Waals surface area contributed by atoms with Crippen LogP contribution in [0.25, 0.3) is 0 Å². The van der Waals surface area contributed by atoms with Crippen molar-refractivity contribution >= 4 is 22.4 Å². The molecule has 1 N–H and O–H groups in total. The summed E-state index contributed by atoms with van der Waals surface area (Å²) in [5.41, 5.74) is 0.883. The van der Waals surface area contributed by atoms with E-state index in [0.29, 0.717) is 16.7 Å². The van der Waals surface area contributed by atoms with Gasteiger partial charge in [0.1, 0.15) is 17.4 Å². The van der Waals surface area contributed by atoms with E-state index in [4.69, 9.17) is 4.74 Å². The van der Waals surface area contributed by atoms with Crippen LogP contribution in [0.3, 0.4) is 0 Å². The van der Waals surface area contributed by atoms with Crippen molar-refractivity contribution in [1.29, 1.82) is 0 Å². The molecule has 0 bridgehead atoms. The van der Waals surface area contributed by atoms with Crippen molar-refractivity contribution in [3.8, 4) is 5.75 Å². The second kappa shape index (κ2) is 8.48. The summed E-state index contributed by atoms with van der Waals surface area (Å²) in [5.74, 6) is 1.20. The van der Waals surface area contributed by atoms with Crippen LogP contribution in [0, 0.1) is 0 Å². The monoisotopic (exact) mass is 373 g/mol. The van der Waals surface area contributed by atoms with E-state index in [2.05, 4.69) is 38.0 Å². The lowest BCUT2D eigenvalue weighted by atomic mass is 10.1. The summed E-state index contributed by atoms with van der Waals surface area (Å²) < 4.78 is 7.19. The molecule has 0 aliphatic heterocycles. The molecule has 0 atom stereocenters. The third-order valence-electron chi connectivity index (χ3n) is 3.54. The predicted molar refractivity (Wildman–Crippen MR) is 95.8 cm³/mol. The van der Waals surface area contributed by atoms with Crippen molar-refractivity contribution in [2.75, 3.05) is 5.32 Å². The fourth-order valence-corrected chi connectivity index (χ4v) is 3.05. The number of aryl methyl sites for hydroxylation is 2. The van der Waals surface area contributed by atoms with E-state index in [9.17, 15) is 4.79 Å². The molecule has 0 fully saturated rings.